The fourth-order valence-corrected chi connectivity index (χ4v) is 4.21. The first-order chi connectivity index (χ1) is 9.82. The fraction of sp³-hybridized carbons (Fsp3) is 0.538. The highest BCUT2D eigenvalue weighted by atomic mass is 32.2. The molecule has 0 amide bonds. The van der Waals surface area contributed by atoms with E-state index in [1.54, 1.807) is 25.3 Å². The number of benzene rings is 1. The van der Waals surface area contributed by atoms with Crippen LogP contribution < -0.4 is 10.2 Å². The fourth-order valence-electron chi connectivity index (χ4n) is 2.58. The van der Waals surface area contributed by atoms with Crippen LogP contribution >= 0.6 is 0 Å². The SMILES string of the molecule is COc1ccc(B(O)O)c(CN2CCS(=O)(=O)CC2C)c1. The van der Waals surface area contributed by atoms with Crippen LogP contribution in [0.2, 0.25) is 0 Å². The topological polar surface area (TPSA) is 87.1 Å². The molecular weight excluding hydrogens is 293 g/mol. The Hall–Kier alpha value is -1.09. The Kier molecular flexibility index (Phi) is 4.93. The van der Waals surface area contributed by atoms with Gasteiger partial charge in [-0.3, -0.25) is 4.90 Å². The van der Waals surface area contributed by atoms with E-state index in [1.165, 1.54) is 0 Å². The van der Waals surface area contributed by atoms with Gasteiger partial charge >= 0.3 is 7.12 Å². The van der Waals surface area contributed by atoms with Crippen molar-refractivity contribution in [1.29, 1.82) is 0 Å². The van der Waals surface area contributed by atoms with Gasteiger partial charge < -0.3 is 14.8 Å². The molecule has 2 rings (SSSR count). The van der Waals surface area contributed by atoms with Gasteiger partial charge in [0.15, 0.2) is 9.84 Å². The third kappa shape index (κ3) is 3.97. The summed E-state index contributed by atoms with van der Waals surface area (Å²) in [7, 11) is -2.98. The van der Waals surface area contributed by atoms with Crippen LogP contribution in [0, 0.1) is 0 Å². The number of rotatable bonds is 4. The standard InChI is InChI=1S/C13H20BNO5S/c1-10-9-21(18,19)6-5-15(10)8-11-7-12(20-2)3-4-13(11)14(16)17/h3-4,7,10,16-17H,5-6,8-9H2,1-2H3. The van der Waals surface area contributed by atoms with Gasteiger partial charge in [-0.15, -0.1) is 0 Å². The molecule has 0 spiro atoms. The number of hydrogen-bond donors (Lipinski definition) is 2. The van der Waals surface area contributed by atoms with Crippen molar-refractivity contribution in [3.8, 4) is 5.75 Å². The number of sulfone groups is 1. The zero-order valence-electron chi connectivity index (χ0n) is 12.2. The van der Waals surface area contributed by atoms with Crippen molar-refractivity contribution in [2.45, 2.75) is 19.5 Å². The van der Waals surface area contributed by atoms with Crippen molar-refractivity contribution >= 4 is 22.4 Å². The predicted molar refractivity (Wildman–Crippen MR) is 81.3 cm³/mol. The van der Waals surface area contributed by atoms with Crippen LogP contribution in [0.3, 0.4) is 0 Å². The molecule has 1 aromatic carbocycles. The van der Waals surface area contributed by atoms with E-state index in [0.717, 1.165) is 5.56 Å². The van der Waals surface area contributed by atoms with Crippen LogP contribution in [0.5, 0.6) is 5.75 Å². The van der Waals surface area contributed by atoms with Gasteiger partial charge in [-0.1, -0.05) is 6.07 Å². The summed E-state index contributed by atoms with van der Waals surface area (Å²) in [4.78, 5) is 2.03. The minimum absolute atomic E-state index is 0.0985. The molecular formula is C13H20BNO5S. The average molecular weight is 313 g/mol. The quantitative estimate of drug-likeness (QED) is 0.693. The smallest absolute Gasteiger partial charge is 0.488 e. The molecule has 1 fully saturated rings. The second-order valence-corrected chi connectivity index (χ2v) is 7.60. The van der Waals surface area contributed by atoms with Crippen LogP contribution in [0.15, 0.2) is 18.2 Å². The summed E-state index contributed by atoms with van der Waals surface area (Å²) in [5, 5.41) is 18.9. The van der Waals surface area contributed by atoms with Gasteiger partial charge in [0.1, 0.15) is 5.75 Å². The van der Waals surface area contributed by atoms with Crippen molar-refractivity contribution in [3.05, 3.63) is 23.8 Å². The molecule has 2 N–H and O–H groups in total. The predicted octanol–water partition coefficient (Wildman–Crippen LogP) is -1.01. The van der Waals surface area contributed by atoms with Crippen LogP contribution in [0.1, 0.15) is 12.5 Å². The van der Waals surface area contributed by atoms with Crippen molar-refractivity contribution < 1.29 is 23.2 Å². The number of ether oxygens (including phenoxy) is 1. The van der Waals surface area contributed by atoms with E-state index in [4.69, 9.17) is 4.74 Å². The number of nitrogens with zero attached hydrogens (tertiary/aromatic N) is 1. The maximum Gasteiger partial charge on any atom is 0.488 e. The van der Waals surface area contributed by atoms with Crippen LogP contribution in [0.4, 0.5) is 0 Å². The normalized spacial score (nSPS) is 22.0. The van der Waals surface area contributed by atoms with Gasteiger partial charge in [0.2, 0.25) is 0 Å². The highest BCUT2D eigenvalue weighted by molar-refractivity contribution is 7.91. The van der Waals surface area contributed by atoms with Crippen molar-refractivity contribution in [1.82, 2.24) is 4.90 Å². The maximum absolute atomic E-state index is 11.6. The monoisotopic (exact) mass is 313 g/mol. The van der Waals surface area contributed by atoms with E-state index in [9.17, 15) is 18.5 Å². The minimum Gasteiger partial charge on any atom is -0.497 e. The molecule has 1 atom stereocenters. The highest BCUT2D eigenvalue weighted by Gasteiger charge is 2.29. The summed E-state index contributed by atoms with van der Waals surface area (Å²) in [5.74, 6) is 0.901. The molecule has 0 saturated carbocycles. The lowest BCUT2D eigenvalue weighted by Crippen LogP contribution is -2.47. The van der Waals surface area contributed by atoms with Crippen LogP contribution in [0.25, 0.3) is 0 Å². The Labute approximate surface area is 125 Å². The molecule has 0 bridgehead atoms. The second-order valence-electron chi connectivity index (χ2n) is 5.37. The van der Waals surface area contributed by atoms with E-state index in [-0.39, 0.29) is 17.5 Å². The third-order valence-electron chi connectivity index (χ3n) is 3.81. The summed E-state index contributed by atoms with van der Waals surface area (Å²) in [6.07, 6.45) is 0. The van der Waals surface area contributed by atoms with Gasteiger partial charge in [-0.05, 0) is 30.1 Å². The molecule has 21 heavy (non-hydrogen) atoms. The third-order valence-corrected chi connectivity index (χ3v) is 5.60. The number of methoxy groups -OCH3 is 1. The molecule has 0 radical (unpaired) electrons. The van der Waals surface area contributed by atoms with Gasteiger partial charge in [0.25, 0.3) is 0 Å². The zero-order valence-corrected chi connectivity index (χ0v) is 13.0. The molecule has 1 aliphatic rings. The molecule has 1 aliphatic heterocycles. The Balaban J connectivity index is 2.22. The lowest BCUT2D eigenvalue weighted by Gasteiger charge is -2.33. The summed E-state index contributed by atoms with van der Waals surface area (Å²) in [5.41, 5.74) is 1.15. The molecule has 0 aliphatic carbocycles. The van der Waals surface area contributed by atoms with E-state index in [1.807, 2.05) is 11.8 Å². The molecule has 1 unspecified atom stereocenters. The second kappa shape index (κ2) is 6.35. The van der Waals surface area contributed by atoms with Crippen LogP contribution in [-0.2, 0) is 16.4 Å². The lowest BCUT2D eigenvalue weighted by molar-refractivity contribution is 0.218. The van der Waals surface area contributed by atoms with Gasteiger partial charge in [0.05, 0.1) is 18.6 Å². The minimum atomic E-state index is -2.96. The van der Waals surface area contributed by atoms with Gasteiger partial charge in [0, 0.05) is 19.1 Å². The van der Waals surface area contributed by atoms with E-state index >= 15 is 0 Å². The first-order valence-electron chi connectivity index (χ1n) is 6.80. The van der Waals surface area contributed by atoms with Gasteiger partial charge in [-0.25, -0.2) is 8.42 Å². The largest absolute Gasteiger partial charge is 0.497 e. The Morgan fingerprint density at radius 3 is 2.71 bits per heavy atom. The Morgan fingerprint density at radius 1 is 1.43 bits per heavy atom. The highest BCUT2D eigenvalue weighted by Crippen LogP contribution is 2.18. The molecule has 1 aromatic rings. The summed E-state index contributed by atoms with van der Waals surface area (Å²) in [6.45, 7) is 2.77. The Bertz CT molecular complexity index is 605. The zero-order chi connectivity index (χ0) is 15.6. The molecule has 0 aromatic heterocycles. The van der Waals surface area contributed by atoms with E-state index < -0.39 is 17.0 Å². The van der Waals surface area contributed by atoms with Gasteiger partial charge in [-0.2, -0.15) is 0 Å². The molecule has 6 nitrogen and oxygen atoms in total. The Morgan fingerprint density at radius 2 is 2.14 bits per heavy atom. The molecule has 116 valence electrons. The first-order valence-corrected chi connectivity index (χ1v) is 8.62. The molecule has 1 saturated heterocycles. The summed E-state index contributed by atoms with van der Waals surface area (Å²) in [6, 6.07) is 4.94. The first kappa shape index (κ1) is 16.3. The maximum atomic E-state index is 11.6. The average Bonchev–Trinajstić information content (AvgIpc) is 2.41. The number of hydrogen-bond acceptors (Lipinski definition) is 6. The van der Waals surface area contributed by atoms with E-state index in [0.29, 0.717) is 24.3 Å². The molecule has 1 heterocycles. The lowest BCUT2D eigenvalue weighted by atomic mass is 9.76. The van der Waals surface area contributed by atoms with Crippen molar-refractivity contribution in [2.24, 2.45) is 0 Å². The summed E-state index contributed by atoms with van der Waals surface area (Å²) >= 11 is 0. The van der Waals surface area contributed by atoms with Crippen molar-refractivity contribution in [2.75, 3.05) is 25.2 Å². The summed E-state index contributed by atoms with van der Waals surface area (Å²) < 4.78 is 28.4. The van der Waals surface area contributed by atoms with Crippen LogP contribution in [-0.4, -0.2) is 61.7 Å². The van der Waals surface area contributed by atoms with Crippen molar-refractivity contribution in [3.63, 3.8) is 0 Å². The molecule has 8 heteroatoms. The van der Waals surface area contributed by atoms with E-state index in [2.05, 4.69) is 0 Å².